The van der Waals surface area contributed by atoms with Crippen molar-refractivity contribution in [3.63, 3.8) is 0 Å². The molecule has 6 nitrogen and oxygen atoms in total. The predicted octanol–water partition coefficient (Wildman–Crippen LogP) is 5.10. The second-order valence-electron chi connectivity index (χ2n) is 6.78. The molecule has 154 valence electrons. The third-order valence-electron chi connectivity index (χ3n) is 4.33. The fourth-order valence-corrected chi connectivity index (χ4v) is 3.12. The number of carbonyl (C=O) groups is 2. The van der Waals surface area contributed by atoms with Gasteiger partial charge in [-0.2, -0.15) is 0 Å². The standard InChI is InChI=1S/C14H17N3O2.C7H6Cl2O/c1-11-13(3-2-4-14(11)16-9-18)15-8-17(10-19)7-12-5-6-12;1-4-2-5(8)7(10)6(9)3-4/h2-4,8-10,12H,5-7H2,1H3,(H,16,18);2-3,10H,1H3. The number of nitrogens with one attached hydrogen (secondary N) is 1. The Morgan fingerprint density at radius 1 is 1.21 bits per heavy atom. The molecule has 0 atom stereocenters. The Morgan fingerprint density at radius 2 is 1.86 bits per heavy atom. The molecule has 29 heavy (non-hydrogen) atoms. The van der Waals surface area contributed by atoms with Crippen molar-refractivity contribution in [3.8, 4) is 5.75 Å². The van der Waals surface area contributed by atoms with Crippen molar-refractivity contribution in [1.82, 2.24) is 4.90 Å². The molecule has 0 aliphatic heterocycles. The number of phenolic OH excluding ortho intramolecular Hbond substituents is 1. The second kappa shape index (κ2) is 10.8. The molecular weight excluding hydrogens is 413 g/mol. The molecule has 3 rings (SSSR count). The summed E-state index contributed by atoms with van der Waals surface area (Å²) < 4.78 is 0. The number of hydrogen-bond donors (Lipinski definition) is 2. The van der Waals surface area contributed by atoms with E-state index in [4.69, 9.17) is 28.3 Å². The largest absolute Gasteiger partial charge is 0.505 e. The first-order valence-corrected chi connectivity index (χ1v) is 9.81. The van der Waals surface area contributed by atoms with Crippen molar-refractivity contribution in [2.45, 2.75) is 26.7 Å². The molecule has 8 heteroatoms. The molecule has 1 aliphatic rings. The fourth-order valence-electron chi connectivity index (χ4n) is 2.53. The van der Waals surface area contributed by atoms with Crippen LogP contribution in [0.25, 0.3) is 0 Å². The molecule has 0 saturated heterocycles. The number of aromatic hydroxyl groups is 1. The number of carbonyl (C=O) groups excluding carboxylic acids is 2. The van der Waals surface area contributed by atoms with Gasteiger partial charge in [-0.15, -0.1) is 0 Å². The van der Waals surface area contributed by atoms with Gasteiger partial charge in [-0.1, -0.05) is 29.3 Å². The van der Waals surface area contributed by atoms with Crippen molar-refractivity contribution in [1.29, 1.82) is 0 Å². The lowest BCUT2D eigenvalue weighted by atomic mass is 10.1. The highest BCUT2D eigenvalue weighted by Crippen LogP contribution is 2.32. The lowest BCUT2D eigenvalue weighted by molar-refractivity contribution is -0.114. The zero-order valence-corrected chi connectivity index (χ0v) is 17.7. The summed E-state index contributed by atoms with van der Waals surface area (Å²) in [5.74, 6) is 0.578. The number of phenols is 1. The van der Waals surface area contributed by atoms with Crippen molar-refractivity contribution in [2.75, 3.05) is 11.9 Å². The Hall–Kier alpha value is -2.57. The molecule has 2 aromatic rings. The maximum atomic E-state index is 10.9. The number of nitrogens with zero attached hydrogens (tertiary/aromatic N) is 2. The van der Waals surface area contributed by atoms with Crippen LogP contribution in [0.2, 0.25) is 10.0 Å². The van der Waals surface area contributed by atoms with Gasteiger partial charge in [-0.25, -0.2) is 4.99 Å². The Bertz CT molecular complexity index is 876. The van der Waals surface area contributed by atoms with Crippen LogP contribution in [0.4, 0.5) is 11.4 Å². The van der Waals surface area contributed by atoms with Gasteiger partial charge in [-0.05, 0) is 68.0 Å². The summed E-state index contributed by atoms with van der Waals surface area (Å²) >= 11 is 11.2. The quantitative estimate of drug-likeness (QED) is 0.360. The van der Waals surface area contributed by atoms with E-state index in [1.54, 1.807) is 23.4 Å². The van der Waals surface area contributed by atoms with Crippen molar-refractivity contribution in [3.05, 3.63) is 51.5 Å². The summed E-state index contributed by atoms with van der Waals surface area (Å²) in [5, 5.41) is 12.3. The number of anilines is 1. The van der Waals surface area contributed by atoms with E-state index in [2.05, 4.69) is 10.3 Å². The average molecular weight is 436 g/mol. The van der Waals surface area contributed by atoms with Crippen LogP contribution in [-0.2, 0) is 9.59 Å². The number of amides is 2. The molecule has 0 bridgehead atoms. The van der Waals surface area contributed by atoms with Gasteiger partial charge in [-0.3, -0.25) is 9.59 Å². The summed E-state index contributed by atoms with van der Waals surface area (Å²) in [6, 6.07) is 8.79. The van der Waals surface area contributed by atoms with Gasteiger partial charge in [0, 0.05) is 12.2 Å². The van der Waals surface area contributed by atoms with Crippen LogP contribution < -0.4 is 5.32 Å². The number of aliphatic imine (C=N–C) groups is 1. The topological polar surface area (TPSA) is 82.0 Å². The molecule has 0 aromatic heterocycles. The minimum absolute atomic E-state index is 0.0473. The molecule has 0 unspecified atom stereocenters. The Kier molecular flexibility index (Phi) is 8.49. The Balaban J connectivity index is 0.000000253. The second-order valence-corrected chi connectivity index (χ2v) is 7.59. The van der Waals surface area contributed by atoms with E-state index in [1.807, 2.05) is 32.0 Å². The van der Waals surface area contributed by atoms with Gasteiger partial charge in [0.2, 0.25) is 12.8 Å². The first-order chi connectivity index (χ1) is 13.8. The molecule has 0 radical (unpaired) electrons. The monoisotopic (exact) mass is 435 g/mol. The van der Waals surface area contributed by atoms with Crippen LogP contribution in [-0.4, -0.2) is 35.7 Å². The van der Waals surface area contributed by atoms with E-state index in [-0.39, 0.29) is 5.75 Å². The van der Waals surface area contributed by atoms with Gasteiger partial charge in [0.05, 0.1) is 22.1 Å². The third-order valence-corrected chi connectivity index (χ3v) is 4.90. The first kappa shape index (κ1) is 22.7. The molecule has 2 aromatic carbocycles. The highest BCUT2D eigenvalue weighted by Gasteiger charge is 2.23. The molecule has 1 saturated carbocycles. The lowest BCUT2D eigenvalue weighted by Gasteiger charge is -2.11. The molecule has 0 heterocycles. The summed E-state index contributed by atoms with van der Waals surface area (Å²) in [7, 11) is 0. The minimum atomic E-state index is -0.0473. The van der Waals surface area contributed by atoms with E-state index in [9.17, 15) is 9.59 Å². The molecule has 1 fully saturated rings. The van der Waals surface area contributed by atoms with Crippen LogP contribution in [0.15, 0.2) is 35.3 Å². The van der Waals surface area contributed by atoms with Crippen molar-refractivity contribution >= 4 is 53.7 Å². The molecule has 0 spiro atoms. The highest BCUT2D eigenvalue weighted by atomic mass is 35.5. The van der Waals surface area contributed by atoms with Gasteiger partial charge in [0.25, 0.3) is 0 Å². The molecule has 2 amide bonds. The number of aryl methyl sites for hydroxylation is 1. The van der Waals surface area contributed by atoms with Gasteiger partial charge >= 0.3 is 0 Å². The van der Waals surface area contributed by atoms with Crippen LogP contribution in [0.1, 0.15) is 24.0 Å². The average Bonchev–Trinajstić information content (AvgIpc) is 3.50. The van der Waals surface area contributed by atoms with E-state index >= 15 is 0 Å². The highest BCUT2D eigenvalue weighted by molar-refractivity contribution is 6.37. The first-order valence-electron chi connectivity index (χ1n) is 9.05. The smallest absolute Gasteiger partial charge is 0.214 e. The van der Waals surface area contributed by atoms with Gasteiger partial charge < -0.3 is 15.3 Å². The Labute approximate surface area is 180 Å². The number of halogens is 2. The zero-order valence-electron chi connectivity index (χ0n) is 16.2. The maximum absolute atomic E-state index is 10.9. The molecule has 1 aliphatic carbocycles. The maximum Gasteiger partial charge on any atom is 0.214 e. The van der Waals surface area contributed by atoms with Gasteiger partial charge in [0.1, 0.15) is 0 Å². The van der Waals surface area contributed by atoms with E-state index in [0.29, 0.717) is 22.4 Å². The zero-order chi connectivity index (χ0) is 21.4. The fraction of sp³-hybridized carbons (Fsp3) is 0.286. The summed E-state index contributed by atoms with van der Waals surface area (Å²) in [4.78, 5) is 27.3. The third kappa shape index (κ3) is 7.07. The Morgan fingerprint density at radius 3 is 2.41 bits per heavy atom. The minimum Gasteiger partial charge on any atom is -0.505 e. The van der Waals surface area contributed by atoms with E-state index in [0.717, 1.165) is 35.5 Å². The van der Waals surface area contributed by atoms with Gasteiger partial charge in [0.15, 0.2) is 5.75 Å². The summed E-state index contributed by atoms with van der Waals surface area (Å²) in [6.07, 6.45) is 5.37. The van der Waals surface area contributed by atoms with Crippen LogP contribution in [0.5, 0.6) is 5.75 Å². The molecule has 2 N–H and O–H groups in total. The summed E-state index contributed by atoms with van der Waals surface area (Å²) in [5.41, 5.74) is 3.29. The van der Waals surface area contributed by atoms with Crippen LogP contribution >= 0.6 is 23.2 Å². The number of rotatable bonds is 7. The molecular formula is C21H23Cl2N3O3. The SMILES string of the molecule is Cc1c(N=CN(C=O)CC2CC2)cccc1NC=O.Cc1cc(Cl)c(O)c(Cl)c1. The number of benzene rings is 2. The lowest BCUT2D eigenvalue weighted by Crippen LogP contribution is -2.22. The van der Waals surface area contributed by atoms with Crippen LogP contribution in [0.3, 0.4) is 0 Å². The van der Waals surface area contributed by atoms with Crippen molar-refractivity contribution < 1.29 is 14.7 Å². The predicted molar refractivity (Wildman–Crippen MR) is 117 cm³/mol. The van der Waals surface area contributed by atoms with E-state index in [1.165, 1.54) is 12.8 Å². The van der Waals surface area contributed by atoms with E-state index < -0.39 is 0 Å². The normalized spacial score (nSPS) is 12.8. The van der Waals surface area contributed by atoms with Crippen molar-refractivity contribution in [2.24, 2.45) is 10.9 Å². The van der Waals surface area contributed by atoms with Crippen LogP contribution in [0, 0.1) is 19.8 Å². The summed E-state index contributed by atoms with van der Waals surface area (Å²) in [6.45, 7) is 4.47. The number of hydrogen-bond acceptors (Lipinski definition) is 4.